The summed E-state index contributed by atoms with van der Waals surface area (Å²) in [5.74, 6) is 9.38. The van der Waals surface area contributed by atoms with E-state index in [2.05, 4.69) is 0 Å². The van der Waals surface area contributed by atoms with Crippen LogP contribution >= 0.6 is 0 Å². The number of rotatable bonds is 0. The molecule has 0 aromatic heterocycles. The van der Waals surface area contributed by atoms with Gasteiger partial charge in [-0.25, -0.2) is 0 Å². The molecule has 0 aromatic carbocycles. The molecule has 7 fully saturated rings. The van der Waals surface area contributed by atoms with Crippen molar-refractivity contribution in [2.45, 2.75) is 25.0 Å². The number of aliphatic hydroxyl groups is 2. The largest absolute Gasteiger partial charge is 0.393 e. The van der Waals surface area contributed by atoms with Gasteiger partial charge in [0.1, 0.15) is 0 Å². The van der Waals surface area contributed by atoms with Crippen LogP contribution in [0, 0.1) is 71.0 Å². The van der Waals surface area contributed by atoms with Crippen LogP contribution in [0.3, 0.4) is 0 Å². The Balaban J connectivity index is 1.58. The Hall–Kier alpha value is -0.0800. The second kappa shape index (κ2) is 2.22. The molecular formula is C16H20O2. The molecule has 96 valence electrons. The van der Waals surface area contributed by atoms with Gasteiger partial charge < -0.3 is 10.2 Å². The summed E-state index contributed by atoms with van der Waals surface area (Å²) in [6, 6.07) is 0. The summed E-state index contributed by atoms with van der Waals surface area (Å²) in [4.78, 5) is 0. The van der Waals surface area contributed by atoms with E-state index in [0.29, 0.717) is 23.7 Å². The fraction of sp³-hybridized carbons (Fsp3) is 1.00. The van der Waals surface area contributed by atoms with E-state index in [0.717, 1.165) is 47.3 Å². The molecule has 2 heteroatoms. The van der Waals surface area contributed by atoms with Crippen LogP contribution in [-0.2, 0) is 0 Å². The molecule has 0 heterocycles. The van der Waals surface area contributed by atoms with Crippen molar-refractivity contribution in [2.24, 2.45) is 71.0 Å². The lowest BCUT2D eigenvalue weighted by atomic mass is 9.59. The third-order valence-electron chi connectivity index (χ3n) is 9.28. The first kappa shape index (κ1) is 8.97. The predicted molar refractivity (Wildman–Crippen MR) is 63.1 cm³/mol. The van der Waals surface area contributed by atoms with Gasteiger partial charge in [0.15, 0.2) is 0 Å². The van der Waals surface area contributed by atoms with Gasteiger partial charge in [-0.3, -0.25) is 0 Å². The van der Waals surface area contributed by atoms with Crippen molar-refractivity contribution in [1.82, 2.24) is 0 Å². The molecule has 0 bridgehead atoms. The first-order chi connectivity index (χ1) is 8.80. The Morgan fingerprint density at radius 1 is 0.444 bits per heavy atom. The summed E-state index contributed by atoms with van der Waals surface area (Å²) < 4.78 is 0. The van der Waals surface area contributed by atoms with Gasteiger partial charge in [-0.05, 0) is 83.9 Å². The second-order valence-electron chi connectivity index (χ2n) is 8.66. The Labute approximate surface area is 107 Å². The van der Waals surface area contributed by atoms with Crippen LogP contribution in [-0.4, -0.2) is 22.4 Å². The topological polar surface area (TPSA) is 40.5 Å². The van der Waals surface area contributed by atoms with E-state index in [1.54, 1.807) is 0 Å². The SMILES string of the molecule is OC1C2C3CCC4C5C(O)C6C1C1C2C(C34)C5C61. The zero-order chi connectivity index (χ0) is 11.5. The van der Waals surface area contributed by atoms with Gasteiger partial charge in [-0.2, -0.15) is 0 Å². The highest BCUT2D eigenvalue weighted by molar-refractivity contribution is 5.33. The lowest BCUT2D eigenvalue weighted by Crippen LogP contribution is -2.49. The predicted octanol–water partition coefficient (Wildman–Crippen LogP) is 0.978. The summed E-state index contributed by atoms with van der Waals surface area (Å²) in [5.41, 5.74) is 0. The lowest BCUT2D eigenvalue weighted by Gasteiger charge is -2.47. The van der Waals surface area contributed by atoms with Crippen LogP contribution in [0.2, 0.25) is 0 Å². The van der Waals surface area contributed by atoms with E-state index in [9.17, 15) is 10.2 Å². The quantitative estimate of drug-likeness (QED) is 0.667. The molecule has 7 aliphatic rings. The Bertz CT molecular complexity index is 431. The number of hydrogen-bond donors (Lipinski definition) is 2. The molecule has 2 nitrogen and oxygen atoms in total. The molecule has 18 heavy (non-hydrogen) atoms. The van der Waals surface area contributed by atoms with Gasteiger partial charge in [-0.15, -0.1) is 0 Å². The maximum absolute atomic E-state index is 10.8. The zero-order valence-corrected chi connectivity index (χ0v) is 10.4. The summed E-state index contributed by atoms with van der Waals surface area (Å²) in [6.45, 7) is 0. The molecular weight excluding hydrogens is 224 g/mol. The summed E-state index contributed by atoms with van der Waals surface area (Å²) >= 11 is 0. The van der Waals surface area contributed by atoms with Gasteiger partial charge in [0, 0.05) is 0 Å². The Kier molecular flexibility index (Phi) is 1.11. The average Bonchev–Trinajstić information content (AvgIpc) is 2.98. The monoisotopic (exact) mass is 244 g/mol. The highest BCUT2D eigenvalue weighted by Crippen LogP contribution is 2.87. The van der Waals surface area contributed by atoms with Crippen molar-refractivity contribution in [3.63, 3.8) is 0 Å². The third-order valence-corrected chi connectivity index (χ3v) is 9.28. The number of hydrogen-bond acceptors (Lipinski definition) is 2. The van der Waals surface area contributed by atoms with Gasteiger partial charge in [0.05, 0.1) is 12.2 Å². The highest BCUT2D eigenvalue weighted by atomic mass is 16.3. The fourth-order valence-electron chi connectivity index (χ4n) is 9.73. The van der Waals surface area contributed by atoms with Crippen LogP contribution in [0.15, 0.2) is 0 Å². The smallest absolute Gasteiger partial charge is 0.0608 e. The molecule has 0 spiro atoms. The molecule has 2 N–H and O–H groups in total. The first-order valence-corrected chi connectivity index (χ1v) is 8.17. The minimum atomic E-state index is -0.0371. The van der Waals surface area contributed by atoms with E-state index in [-0.39, 0.29) is 12.2 Å². The van der Waals surface area contributed by atoms with E-state index >= 15 is 0 Å². The van der Waals surface area contributed by atoms with Crippen LogP contribution in [0.1, 0.15) is 12.8 Å². The minimum Gasteiger partial charge on any atom is -0.393 e. The maximum atomic E-state index is 10.8. The van der Waals surface area contributed by atoms with Gasteiger partial charge in [0.25, 0.3) is 0 Å². The van der Waals surface area contributed by atoms with Gasteiger partial charge in [0.2, 0.25) is 0 Å². The molecule has 12 atom stereocenters. The third kappa shape index (κ3) is 0.541. The second-order valence-corrected chi connectivity index (χ2v) is 8.66. The van der Waals surface area contributed by atoms with Crippen molar-refractivity contribution in [1.29, 1.82) is 0 Å². The van der Waals surface area contributed by atoms with E-state index in [4.69, 9.17) is 0 Å². The highest BCUT2D eigenvalue weighted by Gasteiger charge is 2.86. The number of aliphatic hydroxyl groups excluding tert-OH is 2. The summed E-state index contributed by atoms with van der Waals surface area (Å²) in [6.07, 6.45) is 2.67. The van der Waals surface area contributed by atoms with E-state index in [1.165, 1.54) is 12.8 Å². The molecule has 7 rings (SSSR count). The van der Waals surface area contributed by atoms with E-state index < -0.39 is 0 Å². The van der Waals surface area contributed by atoms with Crippen LogP contribution in [0.4, 0.5) is 0 Å². The lowest BCUT2D eigenvalue weighted by molar-refractivity contribution is -0.0896. The number of fused-ring (bicyclic) bond motifs is 3. The van der Waals surface area contributed by atoms with Crippen molar-refractivity contribution < 1.29 is 10.2 Å². The average molecular weight is 244 g/mol. The summed E-state index contributed by atoms with van der Waals surface area (Å²) in [5, 5.41) is 21.6. The Morgan fingerprint density at radius 2 is 0.833 bits per heavy atom. The van der Waals surface area contributed by atoms with Crippen LogP contribution < -0.4 is 0 Å². The molecule has 0 aliphatic heterocycles. The molecule has 7 saturated carbocycles. The first-order valence-electron chi connectivity index (χ1n) is 8.17. The van der Waals surface area contributed by atoms with E-state index in [1.807, 2.05) is 0 Å². The van der Waals surface area contributed by atoms with Crippen molar-refractivity contribution in [3.8, 4) is 0 Å². The van der Waals surface area contributed by atoms with Crippen LogP contribution in [0.5, 0.6) is 0 Å². The van der Waals surface area contributed by atoms with Crippen molar-refractivity contribution in [3.05, 3.63) is 0 Å². The molecule has 0 saturated heterocycles. The van der Waals surface area contributed by atoms with Crippen molar-refractivity contribution in [2.75, 3.05) is 0 Å². The molecule has 0 aromatic rings. The van der Waals surface area contributed by atoms with Gasteiger partial charge in [-0.1, -0.05) is 0 Å². The summed E-state index contributed by atoms with van der Waals surface area (Å²) in [7, 11) is 0. The zero-order valence-electron chi connectivity index (χ0n) is 10.4. The van der Waals surface area contributed by atoms with Gasteiger partial charge >= 0.3 is 0 Å². The Morgan fingerprint density at radius 3 is 1.33 bits per heavy atom. The standard InChI is InChI=1S/C16H20O2/c17-15-6-3-1-2-4-5(3)8-9(6)11-12-10(8)7(4)16(18)14(12)13(11)15/h3-18H,1-2H2. The molecule has 0 radical (unpaired) electrons. The fourth-order valence-corrected chi connectivity index (χ4v) is 9.73. The van der Waals surface area contributed by atoms with Crippen LogP contribution in [0.25, 0.3) is 0 Å². The molecule has 12 unspecified atom stereocenters. The van der Waals surface area contributed by atoms with Crippen molar-refractivity contribution >= 4 is 0 Å². The minimum absolute atomic E-state index is 0.0371. The molecule has 0 amide bonds. The maximum Gasteiger partial charge on any atom is 0.0608 e. The molecule has 7 aliphatic carbocycles. The normalized spacial score (nSPS) is 87.0.